The first-order chi connectivity index (χ1) is 9.10. The Balaban J connectivity index is 2.05. The Hall–Kier alpha value is -2.03. The summed E-state index contributed by atoms with van der Waals surface area (Å²) in [6, 6.07) is 11.4. The summed E-state index contributed by atoms with van der Waals surface area (Å²) >= 11 is 0. The van der Waals surface area contributed by atoms with E-state index >= 15 is 0 Å². The molecule has 0 saturated heterocycles. The van der Waals surface area contributed by atoms with E-state index in [2.05, 4.69) is 31.3 Å². The summed E-state index contributed by atoms with van der Waals surface area (Å²) < 4.78 is 5.28. The second-order valence-corrected chi connectivity index (χ2v) is 4.80. The quantitative estimate of drug-likeness (QED) is 0.884. The van der Waals surface area contributed by atoms with E-state index < -0.39 is 0 Å². The highest BCUT2D eigenvalue weighted by Crippen LogP contribution is 2.20. The van der Waals surface area contributed by atoms with Crippen LogP contribution in [-0.2, 0) is 0 Å². The van der Waals surface area contributed by atoms with Crippen molar-refractivity contribution in [1.29, 1.82) is 0 Å². The maximum Gasteiger partial charge on any atom is 0.291 e. The maximum atomic E-state index is 11.9. The van der Waals surface area contributed by atoms with E-state index in [0.717, 1.165) is 17.9 Å². The van der Waals surface area contributed by atoms with Gasteiger partial charge >= 0.3 is 0 Å². The fourth-order valence-electron chi connectivity index (χ4n) is 1.88. The molecule has 19 heavy (non-hydrogen) atoms. The molecule has 100 valence electrons. The molecule has 1 amide bonds. The van der Waals surface area contributed by atoms with Crippen LogP contribution >= 0.6 is 0 Å². The highest BCUT2D eigenvalue weighted by molar-refractivity contribution is 6.02. The number of aryl methyl sites for hydroxylation is 1. The van der Waals surface area contributed by atoms with Gasteiger partial charge in [0.25, 0.3) is 5.91 Å². The highest BCUT2D eigenvalue weighted by Gasteiger charge is 2.10. The summed E-state index contributed by atoms with van der Waals surface area (Å²) in [6.45, 7) is 6.18. The summed E-state index contributed by atoms with van der Waals surface area (Å²) in [7, 11) is 0. The van der Waals surface area contributed by atoms with Crippen LogP contribution in [0.1, 0.15) is 48.1 Å². The largest absolute Gasteiger partial charge is 0.456 e. The number of anilines is 1. The molecule has 3 heteroatoms. The van der Waals surface area contributed by atoms with Crippen LogP contribution in [0.15, 0.2) is 40.8 Å². The third kappa shape index (κ3) is 3.25. The van der Waals surface area contributed by atoms with Crippen LogP contribution in [0.4, 0.5) is 5.69 Å². The average Bonchev–Trinajstić information content (AvgIpc) is 2.85. The van der Waals surface area contributed by atoms with Crippen molar-refractivity contribution in [3.8, 4) is 0 Å². The topological polar surface area (TPSA) is 42.2 Å². The molecule has 1 atom stereocenters. The lowest BCUT2D eigenvalue weighted by Crippen LogP contribution is -2.10. The Morgan fingerprint density at radius 2 is 1.89 bits per heavy atom. The van der Waals surface area contributed by atoms with Gasteiger partial charge in [-0.1, -0.05) is 26.0 Å². The lowest BCUT2D eigenvalue weighted by atomic mass is 9.99. The van der Waals surface area contributed by atoms with Crippen molar-refractivity contribution in [3.63, 3.8) is 0 Å². The predicted octanol–water partition coefficient (Wildman–Crippen LogP) is 4.35. The average molecular weight is 257 g/mol. The minimum Gasteiger partial charge on any atom is -0.456 e. The zero-order valence-corrected chi connectivity index (χ0v) is 11.6. The Labute approximate surface area is 113 Å². The Morgan fingerprint density at radius 3 is 2.42 bits per heavy atom. The van der Waals surface area contributed by atoms with Gasteiger partial charge in [0.2, 0.25) is 0 Å². The van der Waals surface area contributed by atoms with E-state index in [0.29, 0.717) is 11.7 Å². The number of furan rings is 1. The van der Waals surface area contributed by atoms with E-state index in [1.54, 1.807) is 12.1 Å². The summed E-state index contributed by atoms with van der Waals surface area (Å²) in [5, 5.41) is 2.82. The van der Waals surface area contributed by atoms with Gasteiger partial charge in [-0.2, -0.15) is 0 Å². The van der Waals surface area contributed by atoms with E-state index in [9.17, 15) is 4.79 Å². The Kier molecular flexibility index (Phi) is 4.05. The van der Waals surface area contributed by atoms with Gasteiger partial charge in [-0.25, -0.2) is 0 Å². The summed E-state index contributed by atoms with van der Waals surface area (Å²) in [6.07, 6.45) is 1.11. The van der Waals surface area contributed by atoms with Gasteiger partial charge in [0.05, 0.1) is 0 Å². The Bertz CT molecular complexity index is 554. The number of hydrogen-bond donors (Lipinski definition) is 1. The number of rotatable bonds is 4. The molecule has 1 heterocycles. The molecule has 2 rings (SSSR count). The molecule has 0 aliphatic carbocycles. The summed E-state index contributed by atoms with van der Waals surface area (Å²) in [4.78, 5) is 11.9. The molecule has 0 spiro atoms. The van der Waals surface area contributed by atoms with Crippen molar-refractivity contribution in [2.75, 3.05) is 5.32 Å². The number of amides is 1. The number of carbonyl (C=O) groups excluding carboxylic acids is 1. The van der Waals surface area contributed by atoms with Gasteiger partial charge in [0.1, 0.15) is 5.76 Å². The molecule has 1 N–H and O–H groups in total. The number of benzene rings is 1. The van der Waals surface area contributed by atoms with E-state index in [-0.39, 0.29) is 5.91 Å². The van der Waals surface area contributed by atoms with Gasteiger partial charge in [-0.15, -0.1) is 0 Å². The lowest BCUT2D eigenvalue weighted by Gasteiger charge is -2.10. The number of nitrogens with one attached hydrogen (secondary N) is 1. The van der Waals surface area contributed by atoms with Crippen molar-refractivity contribution in [3.05, 3.63) is 53.5 Å². The molecule has 0 aliphatic rings. The molecule has 0 bridgehead atoms. The van der Waals surface area contributed by atoms with Gasteiger partial charge in [0.15, 0.2) is 5.76 Å². The molecule has 1 aromatic carbocycles. The fourth-order valence-corrected chi connectivity index (χ4v) is 1.88. The molecular weight excluding hydrogens is 238 g/mol. The molecular formula is C16H19NO2. The first-order valence-electron chi connectivity index (χ1n) is 6.58. The maximum absolute atomic E-state index is 11.9. The van der Waals surface area contributed by atoms with Crippen molar-refractivity contribution < 1.29 is 9.21 Å². The second-order valence-electron chi connectivity index (χ2n) is 4.80. The van der Waals surface area contributed by atoms with Gasteiger partial charge in [0, 0.05) is 5.69 Å². The predicted molar refractivity (Wildman–Crippen MR) is 76.5 cm³/mol. The van der Waals surface area contributed by atoms with Gasteiger partial charge in [-0.05, 0) is 49.1 Å². The molecule has 0 saturated carbocycles. The summed E-state index contributed by atoms with van der Waals surface area (Å²) in [5.41, 5.74) is 2.07. The zero-order chi connectivity index (χ0) is 13.8. The third-order valence-corrected chi connectivity index (χ3v) is 3.31. The van der Waals surface area contributed by atoms with Crippen LogP contribution < -0.4 is 5.32 Å². The van der Waals surface area contributed by atoms with Gasteiger partial charge in [-0.3, -0.25) is 4.79 Å². The second kappa shape index (κ2) is 5.74. The molecule has 2 aromatic rings. The van der Waals surface area contributed by atoms with Crippen LogP contribution in [0.3, 0.4) is 0 Å². The zero-order valence-electron chi connectivity index (χ0n) is 11.6. The smallest absolute Gasteiger partial charge is 0.291 e. The van der Waals surface area contributed by atoms with Crippen molar-refractivity contribution in [1.82, 2.24) is 0 Å². The molecule has 0 radical (unpaired) electrons. The Morgan fingerprint density at radius 1 is 1.21 bits per heavy atom. The number of hydrogen-bond acceptors (Lipinski definition) is 2. The number of carbonyl (C=O) groups is 1. The van der Waals surface area contributed by atoms with Crippen LogP contribution in [-0.4, -0.2) is 5.91 Å². The van der Waals surface area contributed by atoms with Crippen LogP contribution in [0.25, 0.3) is 0 Å². The van der Waals surface area contributed by atoms with E-state index in [1.165, 1.54) is 5.56 Å². The fraction of sp³-hybridized carbons (Fsp3) is 0.312. The monoisotopic (exact) mass is 257 g/mol. The minimum absolute atomic E-state index is 0.218. The molecule has 3 nitrogen and oxygen atoms in total. The van der Waals surface area contributed by atoms with E-state index in [4.69, 9.17) is 4.42 Å². The van der Waals surface area contributed by atoms with Crippen molar-refractivity contribution in [2.45, 2.75) is 33.1 Å². The van der Waals surface area contributed by atoms with Crippen LogP contribution in [0.2, 0.25) is 0 Å². The van der Waals surface area contributed by atoms with Crippen molar-refractivity contribution >= 4 is 11.6 Å². The highest BCUT2D eigenvalue weighted by atomic mass is 16.3. The molecule has 1 aromatic heterocycles. The standard InChI is InChI=1S/C16H19NO2/c1-4-11(2)13-6-8-14(9-7-13)17-16(18)15-10-5-12(3)19-15/h5-11H,4H2,1-3H3,(H,17,18)/t11-/m0/s1. The van der Waals surface area contributed by atoms with Crippen LogP contribution in [0.5, 0.6) is 0 Å². The molecule has 0 unspecified atom stereocenters. The first-order valence-corrected chi connectivity index (χ1v) is 6.58. The van der Waals surface area contributed by atoms with Crippen molar-refractivity contribution in [2.24, 2.45) is 0 Å². The van der Waals surface area contributed by atoms with Gasteiger partial charge < -0.3 is 9.73 Å². The first kappa shape index (κ1) is 13.4. The van der Waals surface area contributed by atoms with E-state index in [1.807, 2.05) is 19.1 Å². The third-order valence-electron chi connectivity index (χ3n) is 3.31. The summed E-state index contributed by atoms with van der Waals surface area (Å²) in [5.74, 6) is 1.39. The SMILES string of the molecule is CC[C@H](C)c1ccc(NC(=O)c2ccc(C)o2)cc1. The van der Waals surface area contributed by atoms with Crippen LogP contribution in [0, 0.1) is 6.92 Å². The minimum atomic E-state index is -0.218. The molecule has 0 fully saturated rings. The normalized spacial score (nSPS) is 12.2. The lowest BCUT2D eigenvalue weighted by molar-refractivity contribution is 0.0995. The molecule has 0 aliphatic heterocycles.